The number of hydrogen-bond acceptors (Lipinski definition) is 7. The summed E-state index contributed by atoms with van der Waals surface area (Å²) in [4.78, 5) is 45.1. The third kappa shape index (κ3) is 3.50. The summed E-state index contributed by atoms with van der Waals surface area (Å²) in [7, 11) is 1.49. The van der Waals surface area contributed by atoms with E-state index in [9.17, 15) is 14.4 Å². The van der Waals surface area contributed by atoms with E-state index in [1.807, 2.05) is 35.2 Å². The molecule has 0 radical (unpaired) electrons. The predicted octanol–water partition coefficient (Wildman–Crippen LogP) is 4.23. The van der Waals surface area contributed by atoms with Crippen molar-refractivity contribution in [3.8, 4) is 17.2 Å². The lowest BCUT2D eigenvalue weighted by atomic mass is 9.84. The maximum atomic E-state index is 14.1. The molecule has 0 saturated carbocycles. The summed E-state index contributed by atoms with van der Waals surface area (Å²) in [5.74, 6) is -1.51. The van der Waals surface area contributed by atoms with Gasteiger partial charge in [0.1, 0.15) is 11.8 Å². The molecule has 4 atom stereocenters. The number of anilines is 2. The molecule has 9 nitrogen and oxygen atoms in total. The van der Waals surface area contributed by atoms with Crippen LogP contribution >= 0.6 is 11.6 Å². The number of nitrogens with zero attached hydrogens (tertiary/aromatic N) is 2. The fourth-order valence-electron chi connectivity index (χ4n) is 6.12. The lowest BCUT2D eigenvalue weighted by Gasteiger charge is -2.35. The topological polar surface area (TPSA) is 97.4 Å². The van der Waals surface area contributed by atoms with Gasteiger partial charge in [0, 0.05) is 17.3 Å². The Labute approximate surface area is 228 Å². The van der Waals surface area contributed by atoms with Gasteiger partial charge in [-0.25, -0.2) is 4.90 Å². The molecule has 3 amide bonds. The van der Waals surface area contributed by atoms with E-state index in [1.165, 1.54) is 12.0 Å². The van der Waals surface area contributed by atoms with Crippen LogP contribution in [-0.4, -0.2) is 42.6 Å². The Morgan fingerprint density at radius 1 is 1.00 bits per heavy atom. The number of methoxy groups -OCH3 is 1. The highest BCUT2D eigenvalue weighted by atomic mass is 35.5. The highest BCUT2D eigenvalue weighted by Gasteiger charge is 2.64. The number of ether oxygens (including phenoxy) is 3. The van der Waals surface area contributed by atoms with Gasteiger partial charge in [0.15, 0.2) is 11.5 Å². The fraction of sp³-hybridized carbons (Fsp3) is 0.207. The van der Waals surface area contributed by atoms with Gasteiger partial charge in [-0.2, -0.15) is 0 Å². The van der Waals surface area contributed by atoms with Gasteiger partial charge in [0.05, 0.1) is 36.4 Å². The van der Waals surface area contributed by atoms with Gasteiger partial charge in [-0.1, -0.05) is 35.9 Å². The Morgan fingerprint density at radius 2 is 1.79 bits per heavy atom. The summed E-state index contributed by atoms with van der Waals surface area (Å²) >= 11 is 6.19. The highest BCUT2D eigenvalue weighted by Crippen LogP contribution is 2.54. The van der Waals surface area contributed by atoms with Gasteiger partial charge < -0.3 is 24.4 Å². The Hall–Kier alpha value is -4.50. The molecule has 196 valence electrons. The first kappa shape index (κ1) is 23.6. The van der Waals surface area contributed by atoms with Crippen LogP contribution in [0.5, 0.6) is 17.2 Å². The number of carbonyl (C=O) groups excluding carboxylic acids is 3. The Kier molecular flexibility index (Phi) is 5.31. The van der Waals surface area contributed by atoms with E-state index >= 15 is 0 Å². The number of hydrogen-bond donors (Lipinski definition) is 1. The van der Waals surface area contributed by atoms with Crippen molar-refractivity contribution in [3.05, 3.63) is 83.0 Å². The summed E-state index contributed by atoms with van der Waals surface area (Å²) in [5.41, 5.74) is 2.59. The van der Waals surface area contributed by atoms with Crippen molar-refractivity contribution in [1.29, 1.82) is 0 Å². The average Bonchev–Trinajstić information content (AvgIpc) is 3.61. The molecule has 0 bridgehead atoms. The monoisotopic (exact) mass is 543 g/mol. The second-order valence-electron chi connectivity index (χ2n) is 9.72. The number of benzene rings is 3. The number of halogens is 1. The van der Waals surface area contributed by atoms with Crippen LogP contribution in [0.2, 0.25) is 5.02 Å². The quantitative estimate of drug-likeness (QED) is 0.492. The number of fused-ring (bicyclic) bond motifs is 6. The second-order valence-corrected chi connectivity index (χ2v) is 10.2. The summed E-state index contributed by atoms with van der Waals surface area (Å²) in [6.45, 7) is 0.0707. The summed E-state index contributed by atoms with van der Waals surface area (Å²) in [6, 6.07) is 16.1. The van der Waals surface area contributed by atoms with Gasteiger partial charge in [-0.15, -0.1) is 0 Å². The van der Waals surface area contributed by atoms with Crippen molar-refractivity contribution in [1.82, 2.24) is 4.90 Å². The lowest BCUT2D eigenvalue weighted by Crippen LogP contribution is -2.46. The lowest BCUT2D eigenvalue weighted by molar-refractivity contribution is -0.128. The molecular formula is C29H22ClN3O6. The molecule has 0 spiro atoms. The first-order chi connectivity index (χ1) is 19.0. The predicted molar refractivity (Wildman–Crippen MR) is 143 cm³/mol. The van der Waals surface area contributed by atoms with Crippen molar-refractivity contribution in [2.45, 2.75) is 12.1 Å². The van der Waals surface area contributed by atoms with Crippen LogP contribution in [0.1, 0.15) is 17.2 Å². The van der Waals surface area contributed by atoms with Crippen molar-refractivity contribution in [2.75, 3.05) is 24.1 Å². The standard InChI is InChI=1S/C29H22ClN3O6/c1-37-20-8-6-16(30)12-19(20)31-27(34)26-24-23(25-18-5-3-2-4-15(18)10-11-32(25)26)28(35)33(29(24)36)17-7-9-21-22(13-17)39-14-38-21/h2-13,23-26H,14H2,1H3,(H,31,34)/t23-,24+,25-,26-/m0/s1. The average molecular weight is 544 g/mol. The molecular weight excluding hydrogens is 522 g/mol. The van der Waals surface area contributed by atoms with E-state index < -0.39 is 35.7 Å². The molecule has 0 aromatic heterocycles. The van der Waals surface area contributed by atoms with Crippen molar-refractivity contribution in [2.24, 2.45) is 11.8 Å². The van der Waals surface area contributed by atoms with Crippen LogP contribution in [0.3, 0.4) is 0 Å². The minimum absolute atomic E-state index is 0.0707. The summed E-state index contributed by atoms with van der Waals surface area (Å²) < 4.78 is 16.3. The molecule has 39 heavy (non-hydrogen) atoms. The van der Waals surface area contributed by atoms with Crippen LogP contribution < -0.4 is 24.4 Å². The summed E-state index contributed by atoms with van der Waals surface area (Å²) in [6.07, 6.45) is 3.70. The molecule has 1 N–H and O–H groups in total. The Morgan fingerprint density at radius 3 is 2.64 bits per heavy atom. The van der Waals surface area contributed by atoms with Gasteiger partial charge >= 0.3 is 0 Å². The van der Waals surface area contributed by atoms with E-state index in [0.717, 1.165) is 11.1 Å². The van der Waals surface area contributed by atoms with Crippen molar-refractivity contribution >= 4 is 46.8 Å². The zero-order valence-electron chi connectivity index (χ0n) is 20.7. The SMILES string of the molecule is COc1ccc(Cl)cc1NC(=O)[C@@H]1[C@@H]2C(=O)N(c3ccc4c(c3)OCO4)C(=O)[C@@H]2[C@@H]2c3ccccc3C=CN12. The number of imide groups is 1. The first-order valence-electron chi connectivity index (χ1n) is 12.4. The molecule has 4 aliphatic rings. The highest BCUT2D eigenvalue weighted by molar-refractivity contribution is 6.31. The molecule has 7 rings (SSSR count). The normalized spacial score (nSPS) is 23.9. The Bertz CT molecular complexity index is 1590. The molecule has 4 heterocycles. The smallest absolute Gasteiger partial charge is 0.248 e. The van der Waals surface area contributed by atoms with Crippen molar-refractivity contribution in [3.63, 3.8) is 0 Å². The van der Waals surface area contributed by atoms with Gasteiger partial charge in [-0.05, 0) is 47.5 Å². The van der Waals surface area contributed by atoms with Crippen molar-refractivity contribution < 1.29 is 28.6 Å². The zero-order chi connectivity index (χ0) is 26.8. The fourth-order valence-corrected chi connectivity index (χ4v) is 6.29. The maximum absolute atomic E-state index is 14.1. The van der Waals surface area contributed by atoms with E-state index in [4.69, 9.17) is 25.8 Å². The van der Waals surface area contributed by atoms with Crippen LogP contribution in [0.4, 0.5) is 11.4 Å². The third-order valence-corrected chi connectivity index (χ3v) is 8.00. The van der Waals surface area contributed by atoms with E-state index in [-0.39, 0.29) is 12.7 Å². The molecule has 3 aromatic carbocycles. The molecule has 4 aliphatic heterocycles. The van der Waals surface area contributed by atoms with Crippen LogP contribution in [0, 0.1) is 11.8 Å². The molecule has 0 aliphatic carbocycles. The Balaban J connectivity index is 1.31. The number of amides is 3. The minimum atomic E-state index is -0.955. The molecule has 0 unspecified atom stereocenters. The van der Waals surface area contributed by atoms with Crippen LogP contribution in [0.25, 0.3) is 6.08 Å². The molecule has 2 fully saturated rings. The maximum Gasteiger partial charge on any atom is 0.248 e. The number of rotatable bonds is 4. The van der Waals surface area contributed by atoms with Gasteiger partial charge in [-0.3, -0.25) is 14.4 Å². The number of carbonyl (C=O) groups is 3. The summed E-state index contributed by atoms with van der Waals surface area (Å²) in [5, 5.41) is 3.31. The largest absolute Gasteiger partial charge is 0.495 e. The van der Waals surface area contributed by atoms with Crippen LogP contribution in [-0.2, 0) is 14.4 Å². The van der Waals surface area contributed by atoms with E-state index in [0.29, 0.717) is 33.6 Å². The number of nitrogens with one attached hydrogen (secondary N) is 1. The van der Waals surface area contributed by atoms with E-state index in [1.54, 1.807) is 42.6 Å². The molecule has 3 aromatic rings. The third-order valence-electron chi connectivity index (χ3n) is 7.76. The van der Waals surface area contributed by atoms with Gasteiger partial charge in [0.2, 0.25) is 24.5 Å². The zero-order valence-corrected chi connectivity index (χ0v) is 21.4. The van der Waals surface area contributed by atoms with E-state index in [2.05, 4.69) is 5.32 Å². The molecule has 2 saturated heterocycles. The second kappa shape index (κ2) is 8.78. The van der Waals surface area contributed by atoms with Gasteiger partial charge in [0.25, 0.3) is 0 Å². The molecule has 10 heteroatoms. The first-order valence-corrected chi connectivity index (χ1v) is 12.8. The minimum Gasteiger partial charge on any atom is -0.495 e. The van der Waals surface area contributed by atoms with Crippen LogP contribution in [0.15, 0.2) is 66.9 Å².